The molecule has 1 atom stereocenters. The Hall–Kier alpha value is -4.06. The van der Waals surface area contributed by atoms with Crippen LogP contribution in [0.1, 0.15) is 42.4 Å². The number of rotatable bonds is 12. The van der Waals surface area contributed by atoms with E-state index >= 15 is 0 Å². The van der Waals surface area contributed by atoms with Crippen LogP contribution in [-0.4, -0.2) is 43.8 Å². The van der Waals surface area contributed by atoms with Crippen LogP contribution in [0.25, 0.3) is 0 Å². The number of carbonyl (C=O) groups excluding carboxylic acids is 2. The number of nitrogens with zero attached hydrogens (tertiary/aromatic N) is 2. The summed E-state index contributed by atoms with van der Waals surface area (Å²) in [5.74, 6) is -1.24. The van der Waals surface area contributed by atoms with Gasteiger partial charge in [-0.15, -0.1) is 0 Å². The topological polar surface area (TPSA) is 86.8 Å². The van der Waals surface area contributed by atoms with Gasteiger partial charge in [-0.05, 0) is 66.4 Å². The highest BCUT2D eigenvalue weighted by molar-refractivity contribution is 7.92. The first kappa shape index (κ1) is 36.2. The Morgan fingerprint density at radius 3 is 2.10 bits per heavy atom. The first-order valence-corrected chi connectivity index (χ1v) is 17.9. The minimum Gasteiger partial charge on any atom is -0.352 e. The number of amides is 2. The highest BCUT2D eigenvalue weighted by atomic mass is 35.5. The van der Waals surface area contributed by atoms with Crippen LogP contribution in [0.5, 0.6) is 0 Å². The van der Waals surface area contributed by atoms with Crippen LogP contribution in [0.4, 0.5) is 18.9 Å². The van der Waals surface area contributed by atoms with Crippen molar-refractivity contribution in [3.63, 3.8) is 0 Å². The second kappa shape index (κ2) is 15.7. The van der Waals surface area contributed by atoms with E-state index in [0.717, 1.165) is 43.4 Å². The summed E-state index contributed by atoms with van der Waals surface area (Å²) in [6, 6.07) is 23.5. The van der Waals surface area contributed by atoms with E-state index < -0.39 is 46.2 Å². The van der Waals surface area contributed by atoms with Crippen LogP contribution in [0.15, 0.2) is 108 Å². The maximum absolute atomic E-state index is 14.6. The van der Waals surface area contributed by atoms with E-state index in [1.54, 1.807) is 36.4 Å². The molecule has 0 spiro atoms. The minimum absolute atomic E-state index is 0.0848. The summed E-state index contributed by atoms with van der Waals surface area (Å²) in [4.78, 5) is 29.7. The number of halogens is 5. The molecule has 1 aliphatic rings. The fourth-order valence-electron chi connectivity index (χ4n) is 5.84. The minimum atomic E-state index is -4.78. The van der Waals surface area contributed by atoms with E-state index in [1.165, 1.54) is 35.2 Å². The fraction of sp³-hybridized carbons (Fsp3) is 0.278. The van der Waals surface area contributed by atoms with E-state index in [-0.39, 0.29) is 39.6 Å². The highest BCUT2D eigenvalue weighted by Crippen LogP contribution is 2.34. The van der Waals surface area contributed by atoms with E-state index in [4.69, 9.17) is 23.2 Å². The van der Waals surface area contributed by atoms with Gasteiger partial charge >= 0.3 is 6.18 Å². The molecule has 1 saturated carbocycles. The molecular formula is C36H34Cl2F3N3O4S. The van der Waals surface area contributed by atoms with Crippen molar-refractivity contribution < 1.29 is 31.2 Å². The first-order chi connectivity index (χ1) is 23.3. The molecule has 4 aromatic carbocycles. The molecule has 0 saturated heterocycles. The van der Waals surface area contributed by atoms with E-state index in [1.807, 2.05) is 18.2 Å². The summed E-state index contributed by atoms with van der Waals surface area (Å²) in [7, 11) is -4.57. The van der Waals surface area contributed by atoms with Crippen LogP contribution in [0.3, 0.4) is 0 Å². The van der Waals surface area contributed by atoms with Crippen molar-refractivity contribution in [3.8, 4) is 0 Å². The molecule has 49 heavy (non-hydrogen) atoms. The molecule has 0 aromatic heterocycles. The van der Waals surface area contributed by atoms with Gasteiger partial charge in [-0.1, -0.05) is 96.7 Å². The third-order valence-corrected chi connectivity index (χ3v) is 10.9. The molecule has 258 valence electrons. The van der Waals surface area contributed by atoms with Gasteiger partial charge in [0.1, 0.15) is 12.6 Å². The quantitative estimate of drug-likeness (QED) is 0.161. The lowest BCUT2D eigenvalue weighted by Crippen LogP contribution is -2.54. The maximum atomic E-state index is 14.6. The zero-order chi connectivity index (χ0) is 35.2. The Bertz CT molecular complexity index is 1870. The molecule has 0 bridgehead atoms. The van der Waals surface area contributed by atoms with Crippen molar-refractivity contribution in [1.82, 2.24) is 10.2 Å². The average Bonchev–Trinajstić information content (AvgIpc) is 3.60. The van der Waals surface area contributed by atoms with Gasteiger partial charge in [0.15, 0.2) is 0 Å². The van der Waals surface area contributed by atoms with Crippen molar-refractivity contribution in [2.75, 3.05) is 10.8 Å². The summed E-state index contributed by atoms with van der Waals surface area (Å²) in [5, 5.41) is 3.55. The van der Waals surface area contributed by atoms with Crippen molar-refractivity contribution in [2.24, 2.45) is 0 Å². The lowest BCUT2D eigenvalue weighted by molar-refractivity contribution is -0.140. The molecule has 0 heterocycles. The molecule has 0 aliphatic heterocycles. The van der Waals surface area contributed by atoms with Crippen LogP contribution in [0.2, 0.25) is 10.0 Å². The molecule has 1 fully saturated rings. The predicted octanol–water partition coefficient (Wildman–Crippen LogP) is 7.91. The number of sulfonamides is 1. The van der Waals surface area contributed by atoms with Gasteiger partial charge in [-0.25, -0.2) is 8.42 Å². The normalized spacial score (nSPS) is 14.3. The van der Waals surface area contributed by atoms with E-state index in [9.17, 15) is 31.2 Å². The van der Waals surface area contributed by atoms with Gasteiger partial charge in [0, 0.05) is 19.0 Å². The highest BCUT2D eigenvalue weighted by Gasteiger charge is 2.37. The van der Waals surface area contributed by atoms with E-state index in [2.05, 4.69) is 5.32 Å². The summed E-state index contributed by atoms with van der Waals surface area (Å²) < 4.78 is 70.2. The van der Waals surface area contributed by atoms with Gasteiger partial charge < -0.3 is 10.2 Å². The third-order valence-electron chi connectivity index (χ3n) is 8.38. The number of anilines is 1. The van der Waals surface area contributed by atoms with Crippen LogP contribution < -0.4 is 9.62 Å². The Labute approximate surface area is 293 Å². The van der Waals surface area contributed by atoms with Gasteiger partial charge in [-0.2, -0.15) is 13.2 Å². The molecule has 1 N–H and O–H groups in total. The molecule has 0 unspecified atom stereocenters. The van der Waals surface area contributed by atoms with Gasteiger partial charge in [0.25, 0.3) is 10.0 Å². The largest absolute Gasteiger partial charge is 0.416 e. The van der Waals surface area contributed by atoms with Gasteiger partial charge in [-0.3, -0.25) is 13.9 Å². The summed E-state index contributed by atoms with van der Waals surface area (Å²) >= 11 is 12.5. The number of alkyl halides is 3. The van der Waals surface area contributed by atoms with Crippen molar-refractivity contribution in [2.45, 2.75) is 61.8 Å². The SMILES string of the molecule is O=C(NC1CCCC1)[C@H](Cc1ccccc1)N(Cc1ccc(Cl)c(Cl)c1)C(=O)CN(c1cccc(C(F)(F)F)c1)S(=O)(=O)c1ccccc1. The average molecular weight is 733 g/mol. The van der Waals surface area contributed by atoms with Crippen molar-refractivity contribution in [1.29, 1.82) is 0 Å². The Kier molecular flexibility index (Phi) is 11.6. The van der Waals surface area contributed by atoms with Crippen molar-refractivity contribution >= 4 is 50.7 Å². The fourth-order valence-corrected chi connectivity index (χ4v) is 7.59. The molecule has 1 aliphatic carbocycles. The molecule has 0 radical (unpaired) electrons. The third kappa shape index (κ3) is 9.14. The summed E-state index contributed by atoms with van der Waals surface area (Å²) in [6.45, 7) is -1.07. The molecule has 4 aromatic rings. The van der Waals surface area contributed by atoms with Gasteiger partial charge in [0.05, 0.1) is 26.2 Å². The smallest absolute Gasteiger partial charge is 0.352 e. The number of hydrogen-bond acceptors (Lipinski definition) is 4. The lowest BCUT2D eigenvalue weighted by Gasteiger charge is -2.34. The molecule has 13 heteroatoms. The molecule has 7 nitrogen and oxygen atoms in total. The zero-order valence-electron chi connectivity index (χ0n) is 26.2. The maximum Gasteiger partial charge on any atom is 0.416 e. The predicted molar refractivity (Wildman–Crippen MR) is 184 cm³/mol. The van der Waals surface area contributed by atoms with Crippen molar-refractivity contribution in [3.05, 3.63) is 130 Å². The second-order valence-corrected chi connectivity index (χ2v) is 14.5. The number of hydrogen-bond donors (Lipinski definition) is 1. The monoisotopic (exact) mass is 731 g/mol. The zero-order valence-corrected chi connectivity index (χ0v) is 28.6. The Balaban J connectivity index is 1.60. The van der Waals surface area contributed by atoms with Crippen LogP contribution in [-0.2, 0) is 38.8 Å². The Morgan fingerprint density at radius 1 is 0.816 bits per heavy atom. The first-order valence-electron chi connectivity index (χ1n) is 15.7. The standard InChI is InChI=1S/C36H34Cl2F3N3O4S/c37-31-19-18-26(20-32(31)38)23-43(33(21-25-10-3-1-4-11-25)35(46)42-28-13-7-8-14-28)34(45)24-44(49(47,48)30-16-5-2-6-17-30)29-15-9-12-27(22-29)36(39,40)41/h1-6,9-12,15-20,22,28,33H,7-8,13-14,21,23-24H2,(H,42,46)/t33-/m0/s1. The summed E-state index contributed by atoms with van der Waals surface area (Å²) in [5.41, 5.74) is -0.202. The number of nitrogens with one attached hydrogen (secondary N) is 1. The van der Waals surface area contributed by atoms with Gasteiger partial charge in [0.2, 0.25) is 11.8 Å². The Morgan fingerprint density at radius 2 is 1.47 bits per heavy atom. The lowest BCUT2D eigenvalue weighted by atomic mass is 10.0. The van der Waals surface area contributed by atoms with Crippen LogP contribution in [0, 0.1) is 0 Å². The number of carbonyl (C=O) groups is 2. The second-order valence-electron chi connectivity index (χ2n) is 11.8. The number of benzene rings is 4. The summed E-state index contributed by atoms with van der Waals surface area (Å²) in [6.07, 6.45) is -1.23. The van der Waals surface area contributed by atoms with Crippen LogP contribution >= 0.6 is 23.2 Å². The molecular weight excluding hydrogens is 698 g/mol. The molecule has 5 rings (SSSR count). The van der Waals surface area contributed by atoms with E-state index in [0.29, 0.717) is 15.9 Å². The molecule has 2 amide bonds.